The Morgan fingerprint density at radius 2 is 2.17 bits per heavy atom. The number of anilines is 1. The van der Waals surface area contributed by atoms with Gasteiger partial charge in [-0.3, -0.25) is 0 Å². The summed E-state index contributed by atoms with van der Waals surface area (Å²) < 4.78 is 5.32. The van der Waals surface area contributed by atoms with E-state index in [0.29, 0.717) is 0 Å². The molecule has 0 aliphatic heterocycles. The van der Waals surface area contributed by atoms with Crippen molar-refractivity contribution in [3.63, 3.8) is 0 Å². The van der Waals surface area contributed by atoms with E-state index in [9.17, 15) is 0 Å². The number of fused-ring (bicyclic) bond motifs is 1. The molecular formula is C13H19N3OS. The number of hydrogen-bond donors (Lipinski definition) is 1. The van der Waals surface area contributed by atoms with Crippen LogP contribution in [0.4, 0.5) is 5.82 Å². The molecule has 5 heteroatoms. The number of rotatable bonds is 6. The SMILES string of the molecule is CCOCCCNc1nc(C)nc2sc(C)cc12. The Kier molecular flexibility index (Phi) is 4.49. The topological polar surface area (TPSA) is 47.0 Å². The van der Waals surface area contributed by atoms with Gasteiger partial charge >= 0.3 is 0 Å². The van der Waals surface area contributed by atoms with Crippen LogP contribution in [-0.2, 0) is 4.74 Å². The number of nitrogens with one attached hydrogen (secondary N) is 1. The van der Waals surface area contributed by atoms with E-state index in [0.717, 1.165) is 48.0 Å². The van der Waals surface area contributed by atoms with Crippen molar-refractivity contribution in [2.75, 3.05) is 25.1 Å². The number of ether oxygens (including phenoxy) is 1. The first-order valence-electron chi connectivity index (χ1n) is 6.27. The molecule has 0 aliphatic carbocycles. The van der Waals surface area contributed by atoms with Crippen molar-refractivity contribution in [3.05, 3.63) is 16.8 Å². The molecule has 0 atom stereocenters. The minimum Gasteiger partial charge on any atom is -0.382 e. The van der Waals surface area contributed by atoms with E-state index < -0.39 is 0 Å². The molecule has 2 aromatic rings. The van der Waals surface area contributed by atoms with Gasteiger partial charge in [-0.25, -0.2) is 9.97 Å². The highest BCUT2D eigenvalue weighted by Gasteiger charge is 2.08. The van der Waals surface area contributed by atoms with Gasteiger partial charge in [-0.15, -0.1) is 11.3 Å². The van der Waals surface area contributed by atoms with Crippen LogP contribution in [0.3, 0.4) is 0 Å². The van der Waals surface area contributed by atoms with Crippen LogP contribution < -0.4 is 5.32 Å². The summed E-state index contributed by atoms with van der Waals surface area (Å²) in [4.78, 5) is 11.3. The van der Waals surface area contributed by atoms with E-state index in [2.05, 4.69) is 28.3 Å². The van der Waals surface area contributed by atoms with Gasteiger partial charge in [-0.1, -0.05) is 0 Å². The summed E-state index contributed by atoms with van der Waals surface area (Å²) in [5.41, 5.74) is 0. The molecule has 0 saturated heterocycles. The lowest BCUT2D eigenvalue weighted by atomic mass is 10.3. The highest BCUT2D eigenvalue weighted by atomic mass is 32.1. The Bertz CT molecular complexity index is 524. The minimum absolute atomic E-state index is 0.778. The molecule has 0 aliphatic rings. The van der Waals surface area contributed by atoms with Gasteiger partial charge in [-0.2, -0.15) is 0 Å². The van der Waals surface area contributed by atoms with Gasteiger partial charge in [0.15, 0.2) is 0 Å². The summed E-state index contributed by atoms with van der Waals surface area (Å²) in [5.74, 6) is 1.76. The van der Waals surface area contributed by atoms with E-state index in [-0.39, 0.29) is 0 Å². The van der Waals surface area contributed by atoms with E-state index in [4.69, 9.17) is 4.74 Å². The number of aryl methyl sites for hydroxylation is 2. The Balaban J connectivity index is 2.07. The Morgan fingerprint density at radius 1 is 1.33 bits per heavy atom. The molecule has 2 rings (SSSR count). The van der Waals surface area contributed by atoms with E-state index in [1.54, 1.807) is 11.3 Å². The molecule has 1 N–H and O–H groups in total. The van der Waals surface area contributed by atoms with Crippen LogP contribution in [0, 0.1) is 13.8 Å². The summed E-state index contributed by atoms with van der Waals surface area (Å²) >= 11 is 1.71. The average Bonchev–Trinajstić information content (AvgIpc) is 2.69. The maximum atomic E-state index is 5.32. The highest BCUT2D eigenvalue weighted by Crippen LogP contribution is 2.28. The van der Waals surface area contributed by atoms with Gasteiger partial charge in [0.05, 0.1) is 5.39 Å². The Morgan fingerprint density at radius 3 is 2.94 bits per heavy atom. The highest BCUT2D eigenvalue weighted by molar-refractivity contribution is 7.18. The first-order valence-corrected chi connectivity index (χ1v) is 7.08. The van der Waals surface area contributed by atoms with Crippen molar-refractivity contribution in [2.45, 2.75) is 27.2 Å². The number of aromatic nitrogens is 2. The zero-order valence-electron chi connectivity index (χ0n) is 11.1. The second-order valence-corrected chi connectivity index (χ2v) is 5.41. The lowest BCUT2D eigenvalue weighted by Crippen LogP contribution is -2.08. The fourth-order valence-corrected chi connectivity index (χ4v) is 2.73. The Labute approximate surface area is 111 Å². The second-order valence-electron chi connectivity index (χ2n) is 4.17. The second kappa shape index (κ2) is 6.11. The third kappa shape index (κ3) is 3.17. The minimum atomic E-state index is 0.778. The van der Waals surface area contributed by atoms with E-state index in [1.165, 1.54) is 4.88 Å². The fourth-order valence-electron chi connectivity index (χ4n) is 1.81. The molecule has 98 valence electrons. The van der Waals surface area contributed by atoms with Crippen LogP contribution in [0.25, 0.3) is 10.2 Å². The van der Waals surface area contributed by atoms with Crippen LogP contribution in [0.2, 0.25) is 0 Å². The van der Waals surface area contributed by atoms with Gasteiger partial charge in [0.2, 0.25) is 0 Å². The van der Waals surface area contributed by atoms with Gasteiger partial charge in [0.1, 0.15) is 16.5 Å². The summed E-state index contributed by atoms with van der Waals surface area (Å²) in [6, 6.07) is 2.14. The van der Waals surface area contributed by atoms with Crippen molar-refractivity contribution in [1.82, 2.24) is 9.97 Å². The molecule has 18 heavy (non-hydrogen) atoms. The van der Waals surface area contributed by atoms with Crippen molar-refractivity contribution in [2.24, 2.45) is 0 Å². The zero-order valence-corrected chi connectivity index (χ0v) is 11.9. The smallest absolute Gasteiger partial charge is 0.138 e. The first-order chi connectivity index (χ1) is 8.70. The predicted octanol–water partition coefficient (Wildman–Crippen LogP) is 3.15. The van der Waals surface area contributed by atoms with Gasteiger partial charge < -0.3 is 10.1 Å². The Hall–Kier alpha value is -1.20. The van der Waals surface area contributed by atoms with Crippen molar-refractivity contribution in [1.29, 1.82) is 0 Å². The van der Waals surface area contributed by atoms with Crippen molar-refractivity contribution < 1.29 is 4.74 Å². The van der Waals surface area contributed by atoms with Crippen molar-refractivity contribution >= 4 is 27.4 Å². The van der Waals surface area contributed by atoms with E-state index >= 15 is 0 Å². The van der Waals surface area contributed by atoms with E-state index in [1.807, 2.05) is 13.8 Å². The van der Waals surface area contributed by atoms with Crippen LogP contribution >= 0.6 is 11.3 Å². The molecule has 0 bridgehead atoms. The van der Waals surface area contributed by atoms with Crippen LogP contribution in [0.5, 0.6) is 0 Å². The molecule has 4 nitrogen and oxygen atoms in total. The summed E-state index contributed by atoms with van der Waals surface area (Å²) in [6.07, 6.45) is 0.988. The molecule has 0 fully saturated rings. The van der Waals surface area contributed by atoms with Gasteiger partial charge in [0, 0.05) is 24.6 Å². The molecule has 0 amide bonds. The zero-order chi connectivity index (χ0) is 13.0. The third-order valence-electron chi connectivity index (χ3n) is 2.59. The predicted molar refractivity (Wildman–Crippen MR) is 76.5 cm³/mol. The monoisotopic (exact) mass is 265 g/mol. The molecule has 2 heterocycles. The molecule has 0 spiro atoms. The molecule has 0 saturated carbocycles. The lowest BCUT2D eigenvalue weighted by Gasteiger charge is -2.07. The number of thiophene rings is 1. The molecule has 0 aromatic carbocycles. The standard InChI is InChI=1S/C13H19N3OS/c1-4-17-7-5-6-14-12-11-8-9(2)18-13(11)16-10(3)15-12/h8H,4-7H2,1-3H3,(H,14,15,16). The van der Waals surface area contributed by atoms with Crippen LogP contribution in [-0.4, -0.2) is 29.7 Å². The third-order valence-corrected chi connectivity index (χ3v) is 3.53. The molecular weight excluding hydrogens is 246 g/mol. The van der Waals surface area contributed by atoms with Crippen LogP contribution in [0.15, 0.2) is 6.07 Å². The first kappa shape index (κ1) is 13.2. The quantitative estimate of drug-likeness (QED) is 0.815. The molecule has 2 aromatic heterocycles. The fraction of sp³-hybridized carbons (Fsp3) is 0.538. The summed E-state index contributed by atoms with van der Waals surface area (Å²) in [7, 11) is 0. The van der Waals surface area contributed by atoms with Crippen molar-refractivity contribution in [3.8, 4) is 0 Å². The average molecular weight is 265 g/mol. The largest absolute Gasteiger partial charge is 0.382 e. The molecule has 0 radical (unpaired) electrons. The maximum absolute atomic E-state index is 5.32. The molecule has 0 unspecified atom stereocenters. The number of hydrogen-bond acceptors (Lipinski definition) is 5. The normalized spacial score (nSPS) is 11.1. The summed E-state index contributed by atoms with van der Waals surface area (Å²) in [5, 5.41) is 4.50. The number of nitrogens with zero attached hydrogens (tertiary/aromatic N) is 2. The van der Waals surface area contributed by atoms with Crippen LogP contribution in [0.1, 0.15) is 24.0 Å². The lowest BCUT2D eigenvalue weighted by molar-refractivity contribution is 0.147. The summed E-state index contributed by atoms with van der Waals surface area (Å²) in [6.45, 7) is 8.49. The van der Waals surface area contributed by atoms with Gasteiger partial charge in [-0.05, 0) is 33.3 Å². The maximum Gasteiger partial charge on any atom is 0.138 e. The van der Waals surface area contributed by atoms with Gasteiger partial charge in [0.25, 0.3) is 0 Å².